The summed E-state index contributed by atoms with van der Waals surface area (Å²) in [4.78, 5) is 2.31. The van der Waals surface area contributed by atoms with Gasteiger partial charge in [0.15, 0.2) is 0 Å². The highest BCUT2D eigenvalue weighted by molar-refractivity contribution is 7.89. The Morgan fingerprint density at radius 1 is 1.35 bits per heavy atom. The molecule has 2 saturated heterocycles. The van der Waals surface area contributed by atoms with Crippen LogP contribution in [-0.4, -0.2) is 58.8 Å². The Balaban J connectivity index is 1.79. The molecule has 0 saturated carbocycles. The third-order valence-electron chi connectivity index (χ3n) is 4.77. The van der Waals surface area contributed by atoms with E-state index in [1.807, 2.05) is 0 Å². The molecule has 2 aliphatic heterocycles. The van der Waals surface area contributed by atoms with Gasteiger partial charge in [0.05, 0.1) is 5.75 Å². The van der Waals surface area contributed by atoms with Gasteiger partial charge < -0.3 is 10.2 Å². The highest BCUT2D eigenvalue weighted by Crippen LogP contribution is 2.29. The first-order valence-electron chi connectivity index (χ1n) is 7.75. The second kappa shape index (κ2) is 6.73. The van der Waals surface area contributed by atoms with Gasteiger partial charge in [-0.25, -0.2) is 13.1 Å². The molecular weight excluding hydrogens is 274 g/mol. The van der Waals surface area contributed by atoms with Gasteiger partial charge in [-0.2, -0.15) is 0 Å². The van der Waals surface area contributed by atoms with Crippen LogP contribution in [0.4, 0.5) is 0 Å². The molecular formula is C14H29N3O2S. The fourth-order valence-corrected chi connectivity index (χ4v) is 4.65. The lowest BCUT2D eigenvalue weighted by atomic mass is 9.81. The SMILES string of the molecule is CN1CCC(C)(CNS(=O)(=O)CC2CCCNC2)CC1. The quantitative estimate of drug-likeness (QED) is 0.782. The number of rotatable bonds is 5. The maximum atomic E-state index is 12.2. The number of hydrogen-bond acceptors (Lipinski definition) is 4. The molecule has 2 N–H and O–H groups in total. The van der Waals surface area contributed by atoms with Gasteiger partial charge in [-0.1, -0.05) is 6.92 Å². The standard InChI is InChI=1S/C14H29N3O2S/c1-14(5-8-17(2)9-6-14)12-16-20(18,19)11-13-4-3-7-15-10-13/h13,15-16H,3-12H2,1-2H3. The fourth-order valence-electron chi connectivity index (χ4n) is 3.05. The van der Waals surface area contributed by atoms with E-state index >= 15 is 0 Å². The maximum absolute atomic E-state index is 12.2. The van der Waals surface area contributed by atoms with Gasteiger partial charge in [0.1, 0.15) is 0 Å². The molecule has 0 aromatic carbocycles. The van der Waals surface area contributed by atoms with Crippen molar-refractivity contribution in [2.45, 2.75) is 32.6 Å². The summed E-state index contributed by atoms with van der Waals surface area (Å²) in [6.45, 7) is 6.77. The van der Waals surface area contributed by atoms with Gasteiger partial charge in [-0.15, -0.1) is 0 Å². The van der Waals surface area contributed by atoms with Gasteiger partial charge in [-0.3, -0.25) is 0 Å². The van der Waals surface area contributed by atoms with Crippen molar-refractivity contribution in [1.29, 1.82) is 0 Å². The van der Waals surface area contributed by atoms with Crippen molar-refractivity contribution < 1.29 is 8.42 Å². The van der Waals surface area contributed by atoms with Crippen molar-refractivity contribution in [2.75, 3.05) is 45.5 Å². The van der Waals surface area contributed by atoms with Crippen molar-refractivity contribution >= 4 is 10.0 Å². The maximum Gasteiger partial charge on any atom is 0.211 e. The third kappa shape index (κ3) is 4.98. The van der Waals surface area contributed by atoms with Crippen molar-refractivity contribution in [3.8, 4) is 0 Å². The Morgan fingerprint density at radius 2 is 2.05 bits per heavy atom. The predicted molar refractivity (Wildman–Crippen MR) is 82.2 cm³/mol. The average Bonchev–Trinajstić information content (AvgIpc) is 2.41. The Labute approximate surface area is 123 Å². The van der Waals surface area contributed by atoms with Crippen LogP contribution in [0.1, 0.15) is 32.6 Å². The van der Waals surface area contributed by atoms with Gasteiger partial charge in [-0.05, 0) is 70.2 Å². The van der Waals surface area contributed by atoms with Crippen LogP contribution in [0.5, 0.6) is 0 Å². The molecule has 0 amide bonds. The second-order valence-electron chi connectivity index (χ2n) is 6.93. The van der Waals surface area contributed by atoms with E-state index in [-0.39, 0.29) is 17.1 Å². The van der Waals surface area contributed by atoms with Crippen LogP contribution in [0.25, 0.3) is 0 Å². The van der Waals surface area contributed by atoms with E-state index in [1.54, 1.807) is 0 Å². The zero-order valence-corrected chi connectivity index (χ0v) is 13.6. The lowest BCUT2D eigenvalue weighted by Crippen LogP contribution is -2.45. The van der Waals surface area contributed by atoms with Crippen LogP contribution >= 0.6 is 0 Å². The van der Waals surface area contributed by atoms with E-state index in [2.05, 4.69) is 28.9 Å². The summed E-state index contributed by atoms with van der Waals surface area (Å²) in [5, 5.41) is 3.28. The van der Waals surface area contributed by atoms with Crippen LogP contribution in [0.2, 0.25) is 0 Å². The summed E-state index contributed by atoms with van der Waals surface area (Å²) in [7, 11) is -1.01. The third-order valence-corrected chi connectivity index (χ3v) is 6.26. The molecule has 0 spiro atoms. The zero-order chi connectivity index (χ0) is 14.6. The molecule has 5 nitrogen and oxygen atoms in total. The summed E-state index contributed by atoms with van der Waals surface area (Å²) in [5.74, 6) is 0.544. The molecule has 0 bridgehead atoms. The van der Waals surface area contributed by atoms with Crippen LogP contribution in [0, 0.1) is 11.3 Å². The van der Waals surface area contributed by atoms with E-state index in [9.17, 15) is 8.42 Å². The zero-order valence-electron chi connectivity index (χ0n) is 12.8. The molecule has 2 heterocycles. The first-order valence-corrected chi connectivity index (χ1v) is 9.40. The Morgan fingerprint density at radius 3 is 2.65 bits per heavy atom. The number of sulfonamides is 1. The smallest absolute Gasteiger partial charge is 0.211 e. The Hall–Kier alpha value is -0.170. The van der Waals surface area contributed by atoms with Gasteiger partial charge in [0, 0.05) is 6.54 Å². The number of likely N-dealkylation sites (tertiary alicyclic amines) is 1. The largest absolute Gasteiger partial charge is 0.316 e. The predicted octanol–water partition coefficient (Wildman–Crippen LogP) is 0.637. The number of nitrogens with zero attached hydrogens (tertiary/aromatic N) is 1. The number of hydrogen-bond donors (Lipinski definition) is 2. The Bertz CT molecular complexity index is 397. The minimum Gasteiger partial charge on any atom is -0.316 e. The molecule has 1 unspecified atom stereocenters. The molecule has 2 aliphatic rings. The molecule has 0 aromatic rings. The van der Waals surface area contributed by atoms with Crippen molar-refractivity contribution in [2.24, 2.45) is 11.3 Å². The fraction of sp³-hybridized carbons (Fsp3) is 1.00. The highest BCUT2D eigenvalue weighted by atomic mass is 32.2. The summed E-state index contributed by atoms with van der Waals surface area (Å²) in [6.07, 6.45) is 4.24. The normalized spacial score (nSPS) is 28.4. The summed E-state index contributed by atoms with van der Waals surface area (Å²) < 4.78 is 27.3. The Kier molecular flexibility index (Phi) is 5.45. The van der Waals surface area contributed by atoms with Crippen molar-refractivity contribution in [3.63, 3.8) is 0 Å². The van der Waals surface area contributed by atoms with Gasteiger partial charge in [0.2, 0.25) is 10.0 Å². The van der Waals surface area contributed by atoms with E-state index in [1.165, 1.54) is 0 Å². The van der Waals surface area contributed by atoms with E-state index < -0.39 is 10.0 Å². The number of nitrogens with one attached hydrogen (secondary N) is 2. The minimum absolute atomic E-state index is 0.115. The second-order valence-corrected chi connectivity index (χ2v) is 8.78. The van der Waals surface area contributed by atoms with Crippen molar-refractivity contribution in [1.82, 2.24) is 14.9 Å². The monoisotopic (exact) mass is 303 g/mol. The molecule has 0 radical (unpaired) electrons. The van der Waals surface area contributed by atoms with Crippen LogP contribution in [0.3, 0.4) is 0 Å². The van der Waals surface area contributed by atoms with E-state index in [0.717, 1.165) is 51.9 Å². The van der Waals surface area contributed by atoms with Gasteiger partial charge >= 0.3 is 0 Å². The minimum atomic E-state index is -3.14. The summed E-state index contributed by atoms with van der Waals surface area (Å²) in [6, 6.07) is 0. The molecule has 20 heavy (non-hydrogen) atoms. The lowest BCUT2D eigenvalue weighted by Gasteiger charge is -2.38. The van der Waals surface area contributed by atoms with Crippen molar-refractivity contribution in [3.05, 3.63) is 0 Å². The van der Waals surface area contributed by atoms with E-state index in [4.69, 9.17) is 0 Å². The summed E-state index contributed by atoms with van der Waals surface area (Å²) in [5.41, 5.74) is 0.115. The molecule has 2 rings (SSSR count). The summed E-state index contributed by atoms with van der Waals surface area (Å²) >= 11 is 0. The molecule has 118 valence electrons. The van der Waals surface area contributed by atoms with Crippen LogP contribution in [-0.2, 0) is 10.0 Å². The molecule has 0 aromatic heterocycles. The first-order chi connectivity index (χ1) is 9.39. The number of piperidine rings is 2. The topological polar surface area (TPSA) is 61.4 Å². The molecule has 0 aliphatic carbocycles. The van der Waals surface area contributed by atoms with Crippen LogP contribution < -0.4 is 10.0 Å². The average molecular weight is 303 g/mol. The van der Waals surface area contributed by atoms with Gasteiger partial charge in [0.25, 0.3) is 0 Å². The molecule has 2 fully saturated rings. The molecule has 6 heteroatoms. The first kappa shape index (κ1) is 16.2. The highest BCUT2D eigenvalue weighted by Gasteiger charge is 2.30. The van der Waals surface area contributed by atoms with E-state index in [0.29, 0.717) is 6.54 Å². The lowest BCUT2D eigenvalue weighted by molar-refractivity contribution is 0.143. The molecule has 1 atom stereocenters. The van der Waals surface area contributed by atoms with Crippen LogP contribution in [0.15, 0.2) is 0 Å².